The van der Waals surface area contributed by atoms with E-state index in [1.165, 1.54) is 15.6 Å². The lowest BCUT2D eigenvalue weighted by molar-refractivity contribution is 0.0698. The first-order chi connectivity index (χ1) is 11.4. The summed E-state index contributed by atoms with van der Waals surface area (Å²) in [7, 11) is -3.51. The van der Waals surface area contributed by atoms with Crippen LogP contribution in [0.25, 0.3) is 0 Å². The maximum atomic E-state index is 12.6. The van der Waals surface area contributed by atoms with E-state index < -0.39 is 10.0 Å². The summed E-state index contributed by atoms with van der Waals surface area (Å²) in [4.78, 5) is 14.2. The highest BCUT2D eigenvalue weighted by molar-refractivity contribution is 9.11. The fourth-order valence-corrected chi connectivity index (χ4v) is 6.30. The number of sulfonamides is 1. The van der Waals surface area contributed by atoms with Crippen molar-refractivity contribution in [2.24, 2.45) is 0 Å². The van der Waals surface area contributed by atoms with Crippen LogP contribution >= 0.6 is 38.9 Å². The van der Waals surface area contributed by atoms with Crippen LogP contribution in [0.5, 0.6) is 0 Å². The van der Waals surface area contributed by atoms with Crippen molar-refractivity contribution < 1.29 is 13.2 Å². The number of piperazine rings is 1. The zero-order valence-electron chi connectivity index (χ0n) is 12.5. The second-order valence-corrected chi connectivity index (χ2v) is 10.3. The van der Waals surface area contributed by atoms with Gasteiger partial charge in [-0.15, -0.1) is 11.3 Å². The van der Waals surface area contributed by atoms with Crippen molar-refractivity contribution in [3.63, 3.8) is 0 Å². The Kier molecular flexibility index (Phi) is 5.31. The first-order valence-corrected chi connectivity index (χ1v) is 10.6. The number of nitrogens with zero attached hydrogens (tertiary/aromatic N) is 2. The summed E-state index contributed by atoms with van der Waals surface area (Å²) in [6, 6.07) is 10.2. The van der Waals surface area contributed by atoms with Gasteiger partial charge in [0.1, 0.15) is 4.21 Å². The monoisotopic (exact) mass is 448 g/mol. The van der Waals surface area contributed by atoms with Crippen LogP contribution < -0.4 is 0 Å². The molecule has 0 spiro atoms. The van der Waals surface area contributed by atoms with Gasteiger partial charge in [-0.1, -0.05) is 23.7 Å². The quantitative estimate of drug-likeness (QED) is 0.722. The SMILES string of the molecule is O=C(c1ccccc1Cl)N1CCN(S(=O)(=O)c2ccc(Br)s2)CC1. The number of carbonyl (C=O) groups excluding carboxylic acids is 1. The minimum atomic E-state index is -3.51. The molecule has 128 valence electrons. The van der Waals surface area contributed by atoms with Crippen LogP contribution in [0.1, 0.15) is 10.4 Å². The number of hydrogen-bond donors (Lipinski definition) is 0. The number of carbonyl (C=O) groups is 1. The second kappa shape index (κ2) is 7.13. The number of halogens is 2. The Balaban J connectivity index is 1.70. The molecule has 1 fully saturated rings. The van der Waals surface area contributed by atoms with Crippen molar-refractivity contribution in [1.82, 2.24) is 9.21 Å². The number of amides is 1. The normalized spacial score (nSPS) is 16.3. The van der Waals surface area contributed by atoms with Crippen LogP contribution in [0.2, 0.25) is 5.02 Å². The molecule has 24 heavy (non-hydrogen) atoms. The molecule has 1 aromatic carbocycles. The van der Waals surface area contributed by atoms with Crippen LogP contribution in [-0.2, 0) is 10.0 Å². The molecule has 1 amide bonds. The van der Waals surface area contributed by atoms with Gasteiger partial charge >= 0.3 is 0 Å². The Hall–Kier alpha value is -0.930. The van der Waals surface area contributed by atoms with Gasteiger partial charge in [0.2, 0.25) is 0 Å². The molecule has 3 rings (SSSR count). The van der Waals surface area contributed by atoms with Crippen molar-refractivity contribution in [1.29, 1.82) is 0 Å². The molecule has 1 saturated heterocycles. The number of hydrogen-bond acceptors (Lipinski definition) is 4. The van der Waals surface area contributed by atoms with Gasteiger partial charge in [-0.25, -0.2) is 8.42 Å². The fourth-order valence-electron chi connectivity index (χ4n) is 2.50. The van der Waals surface area contributed by atoms with Crippen molar-refractivity contribution in [2.45, 2.75) is 4.21 Å². The van der Waals surface area contributed by atoms with E-state index in [1.54, 1.807) is 41.3 Å². The number of thiophene rings is 1. The number of rotatable bonds is 3. The minimum absolute atomic E-state index is 0.170. The lowest BCUT2D eigenvalue weighted by Gasteiger charge is -2.33. The Morgan fingerprint density at radius 3 is 2.33 bits per heavy atom. The van der Waals surface area contributed by atoms with Crippen molar-refractivity contribution in [3.05, 3.63) is 50.8 Å². The minimum Gasteiger partial charge on any atom is -0.336 e. The van der Waals surface area contributed by atoms with Gasteiger partial charge in [0.15, 0.2) is 0 Å². The van der Waals surface area contributed by atoms with Gasteiger partial charge in [-0.2, -0.15) is 4.31 Å². The first kappa shape index (κ1) is 17.9. The van der Waals surface area contributed by atoms with E-state index in [-0.39, 0.29) is 19.0 Å². The Morgan fingerprint density at radius 1 is 1.08 bits per heavy atom. The number of benzene rings is 1. The molecular weight excluding hydrogens is 436 g/mol. The van der Waals surface area contributed by atoms with Crippen LogP contribution in [0.3, 0.4) is 0 Å². The molecule has 0 aliphatic carbocycles. The molecule has 5 nitrogen and oxygen atoms in total. The van der Waals surface area contributed by atoms with Crippen molar-refractivity contribution >= 4 is 54.8 Å². The average molecular weight is 450 g/mol. The highest BCUT2D eigenvalue weighted by atomic mass is 79.9. The van der Waals surface area contributed by atoms with Crippen LogP contribution in [0.15, 0.2) is 44.4 Å². The second-order valence-electron chi connectivity index (χ2n) is 5.23. The molecule has 0 saturated carbocycles. The predicted octanol–water partition coefficient (Wildman–Crippen LogP) is 3.31. The van der Waals surface area contributed by atoms with Gasteiger partial charge in [0, 0.05) is 26.2 Å². The fraction of sp³-hybridized carbons (Fsp3) is 0.267. The van der Waals surface area contributed by atoms with E-state index in [1.807, 2.05) is 0 Å². The van der Waals surface area contributed by atoms with Gasteiger partial charge in [-0.05, 0) is 40.2 Å². The third-order valence-corrected chi connectivity index (χ3v) is 8.09. The van der Waals surface area contributed by atoms with Crippen LogP contribution in [0, 0.1) is 0 Å². The van der Waals surface area contributed by atoms with Crippen molar-refractivity contribution in [2.75, 3.05) is 26.2 Å². The van der Waals surface area contributed by atoms with E-state index in [0.717, 1.165) is 3.79 Å². The van der Waals surface area contributed by atoms with Gasteiger partial charge in [0.05, 0.1) is 14.4 Å². The summed E-state index contributed by atoms with van der Waals surface area (Å²) in [5, 5.41) is 0.404. The Labute approximate surface area is 158 Å². The smallest absolute Gasteiger partial charge is 0.255 e. The van der Waals surface area contributed by atoms with Gasteiger partial charge < -0.3 is 4.90 Å². The summed E-state index contributed by atoms with van der Waals surface area (Å²) < 4.78 is 27.7. The zero-order valence-corrected chi connectivity index (χ0v) is 16.5. The molecule has 0 atom stereocenters. The molecular formula is C15H14BrClN2O3S2. The summed E-state index contributed by atoms with van der Waals surface area (Å²) in [5.41, 5.74) is 0.442. The molecule has 1 aliphatic rings. The maximum Gasteiger partial charge on any atom is 0.255 e. The Bertz CT molecular complexity index is 861. The lowest BCUT2D eigenvalue weighted by Crippen LogP contribution is -2.50. The topological polar surface area (TPSA) is 57.7 Å². The van der Waals surface area contributed by atoms with E-state index in [4.69, 9.17) is 11.6 Å². The Morgan fingerprint density at radius 2 is 1.75 bits per heavy atom. The van der Waals surface area contributed by atoms with E-state index in [9.17, 15) is 13.2 Å². The van der Waals surface area contributed by atoms with Crippen molar-refractivity contribution in [3.8, 4) is 0 Å². The molecule has 0 unspecified atom stereocenters. The molecule has 0 N–H and O–H groups in total. The van der Waals surface area contributed by atoms with Crippen LogP contribution in [-0.4, -0.2) is 49.7 Å². The molecule has 9 heteroatoms. The third-order valence-electron chi connectivity index (χ3n) is 3.77. The zero-order chi connectivity index (χ0) is 17.3. The molecule has 1 aliphatic heterocycles. The van der Waals surface area contributed by atoms with E-state index in [0.29, 0.717) is 27.9 Å². The summed E-state index contributed by atoms with van der Waals surface area (Å²) in [6.07, 6.45) is 0. The molecule has 0 radical (unpaired) electrons. The highest BCUT2D eigenvalue weighted by Gasteiger charge is 2.31. The molecule has 2 heterocycles. The predicted molar refractivity (Wildman–Crippen MR) is 98.1 cm³/mol. The maximum absolute atomic E-state index is 12.6. The summed E-state index contributed by atoms with van der Waals surface area (Å²) in [5.74, 6) is -0.170. The molecule has 0 bridgehead atoms. The van der Waals surface area contributed by atoms with E-state index in [2.05, 4.69) is 15.9 Å². The summed E-state index contributed by atoms with van der Waals surface area (Å²) >= 11 is 10.5. The van der Waals surface area contributed by atoms with E-state index >= 15 is 0 Å². The lowest BCUT2D eigenvalue weighted by atomic mass is 10.2. The van der Waals surface area contributed by atoms with Gasteiger partial charge in [0.25, 0.3) is 15.9 Å². The van der Waals surface area contributed by atoms with Crippen LogP contribution in [0.4, 0.5) is 0 Å². The largest absolute Gasteiger partial charge is 0.336 e. The average Bonchev–Trinajstić information content (AvgIpc) is 3.02. The molecule has 1 aromatic heterocycles. The third kappa shape index (κ3) is 3.52. The summed E-state index contributed by atoms with van der Waals surface area (Å²) in [6.45, 7) is 1.23. The highest BCUT2D eigenvalue weighted by Crippen LogP contribution is 2.29. The van der Waals surface area contributed by atoms with Gasteiger partial charge in [-0.3, -0.25) is 4.79 Å². The standard InChI is InChI=1S/C15H14BrClN2O3S2/c16-13-5-6-14(23-13)24(21,22)19-9-7-18(8-10-19)15(20)11-3-1-2-4-12(11)17/h1-6H,7-10H2. The first-order valence-electron chi connectivity index (χ1n) is 7.19. The molecule has 2 aromatic rings.